The van der Waals surface area contributed by atoms with E-state index in [9.17, 15) is 4.79 Å². The van der Waals surface area contributed by atoms with Crippen LogP contribution in [0.2, 0.25) is 5.02 Å². The van der Waals surface area contributed by atoms with Gasteiger partial charge in [-0.05, 0) is 51.0 Å². The predicted octanol–water partition coefficient (Wildman–Crippen LogP) is 5.55. The number of nitrogens with zero attached hydrogens (tertiary/aromatic N) is 4. The standard InChI is InChI=1S/C26H32ClN5O2/c1-5-9-25-31(14-8-15-32(25)26(28-4)20(6-2)12-13-29-18-33)19(3)23-17-24(34-30-23)21-10-7-11-22(27)16-21/h6-7,9-13,16-19H,5,8,14-15H2,1-4H3,(H,29,33)/b13-12-,20-6+,25-9-,28-26?. The summed E-state index contributed by atoms with van der Waals surface area (Å²) in [5.74, 6) is 2.63. The molecular formula is C26H32ClN5O2. The van der Waals surface area contributed by atoms with Crippen molar-refractivity contribution in [3.63, 3.8) is 0 Å². The van der Waals surface area contributed by atoms with Crippen LogP contribution in [0, 0.1) is 0 Å². The lowest BCUT2D eigenvalue weighted by molar-refractivity contribution is -0.108. The molecule has 0 bridgehead atoms. The van der Waals surface area contributed by atoms with Gasteiger partial charge in [-0.1, -0.05) is 41.9 Å². The molecule has 7 nitrogen and oxygen atoms in total. The summed E-state index contributed by atoms with van der Waals surface area (Å²) < 4.78 is 5.67. The lowest BCUT2D eigenvalue weighted by atomic mass is 10.1. The van der Waals surface area contributed by atoms with E-state index < -0.39 is 0 Å². The average Bonchev–Trinajstić information content (AvgIpc) is 3.34. The maximum absolute atomic E-state index is 10.7. The fourth-order valence-corrected chi connectivity index (χ4v) is 4.30. The van der Waals surface area contributed by atoms with Gasteiger partial charge in [-0.25, -0.2) is 0 Å². The zero-order valence-corrected chi connectivity index (χ0v) is 20.9. The van der Waals surface area contributed by atoms with E-state index in [1.807, 2.05) is 49.4 Å². The molecule has 0 saturated carbocycles. The molecular weight excluding hydrogens is 450 g/mol. The number of halogens is 1. The van der Waals surface area contributed by atoms with Gasteiger partial charge in [0.1, 0.15) is 17.4 Å². The Morgan fingerprint density at radius 1 is 1.35 bits per heavy atom. The van der Waals surface area contributed by atoms with E-state index in [0.29, 0.717) is 17.2 Å². The number of carbonyl (C=O) groups excluding carboxylic acids is 1. The van der Waals surface area contributed by atoms with Gasteiger partial charge in [0.25, 0.3) is 0 Å². The van der Waals surface area contributed by atoms with E-state index in [0.717, 1.165) is 54.4 Å². The number of nitrogens with one attached hydrogen (secondary N) is 1. The zero-order valence-electron chi connectivity index (χ0n) is 20.2. The molecule has 0 aliphatic carbocycles. The summed E-state index contributed by atoms with van der Waals surface area (Å²) in [4.78, 5) is 19.8. The number of hydrogen-bond acceptors (Lipinski definition) is 5. The van der Waals surface area contributed by atoms with Crippen molar-refractivity contribution in [1.82, 2.24) is 20.3 Å². The molecule has 1 atom stereocenters. The molecule has 2 aromatic rings. The molecule has 8 heteroatoms. The molecule has 0 radical (unpaired) electrons. The second-order valence-corrected chi connectivity index (χ2v) is 8.32. The van der Waals surface area contributed by atoms with Crippen molar-refractivity contribution in [3.05, 3.63) is 76.9 Å². The highest BCUT2D eigenvalue weighted by Gasteiger charge is 2.31. The van der Waals surface area contributed by atoms with Crippen LogP contribution in [0.4, 0.5) is 0 Å². The molecule has 1 saturated heterocycles. The van der Waals surface area contributed by atoms with Crippen LogP contribution in [0.25, 0.3) is 11.3 Å². The number of hydrogen-bond donors (Lipinski definition) is 1. The molecule has 1 aromatic carbocycles. The van der Waals surface area contributed by atoms with E-state index in [1.54, 1.807) is 13.2 Å². The van der Waals surface area contributed by atoms with Gasteiger partial charge in [-0.2, -0.15) is 0 Å². The van der Waals surface area contributed by atoms with Gasteiger partial charge in [0.15, 0.2) is 5.76 Å². The normalized spacial score (nSPS) is 17.5. The third-order valence-corrected chi connectivity index (χ3v) is 5.97. The van der Waals surface area contributed by atoms with Crippen LogP contribution in [0.1, 0.15) is 45.3 Å². The van der Waals surface area contributed by atoms with Crippen LogP contribution in [-0.2, 0) is 4.79 Å². The Balaban J connectivity index is 1.90. The fraction of sp³-hybridized carbons (Fsp3) is 0.346. The van der Waals surface area contributed by atoms with E-state index in [-0.39, 0.29) is 6.04 Å². The lowest BCUT2D eigenvalue weighted by Gasteiger charge is -2.43. The number of rotatable bonds is 8. The Labute approximate surface area is 206 Å². The maximum atomic E-state index is 10.7. The molecule has 0 spiro atoms. The lowest BCUT2D eigenvalue weighted by Crippen LogP contribution is -2.46. The van der Waals surface area contributed by atoms with Gasteiger partial charge >= 0.3 is 0 Å². The van der Waals surface area contributed by atoms with Crippen LogP contribution in [0.5, 0.6) is 0 Å². The van der Waals surface area contributed by atoms with Crippen molar-refractivity contribution in [2.75, 3.05) is 20.1 Å². The molecule has 1 aliphatic rings. The van der Waals surface area contributed by atoms with Crippen LogP contribution in [-0.4, -0.2) is 47.3 Å². The fourth-order valence-electron chi connectivity index (χ4n) is 4.11. The third kappa shape index (κ3) is 5.78. The van der Waals surface area contributed by atoms with Crippen molar-refractivity contribution in [1.29, 1.82) is 0 Å². The van der Waals surface area contributed by atoms with Crippen molar-refractivity contribution < 1.29 is 9.32 Å². The highest BCUT2D eigenvalue weighted by Crippen LogP contribution is 2.33. The Kier molecular flexibility index (Phi) is 9.10. The number of benzene rings is 1. The summed E-state index contributed by atoms with van der Waals surface area (Å²) >= 11 is 6.15. The monoisotopic (exact) mass is 481 g/mol. The smallest absolute Gasteiger partial charge is 0.211 e. The number of amides is 1. The Bertz CT molecular complexity index is 1100. The minimum absolute atomic E-state index is 0.00304. The second kappa shape index (κ2) is 12.2. The molecule has 1 fully saturated rings. The van der Waals surface area contributed by atoms with E-state index >= 15 is 0 Å². The average molecular weight is 482 g/mol. The van der Waals surface area contributed by atoms with Crippen molar-refractivity contribution in [2.45, 2.75) is 39.7 Å². The minimum atomic E-state index is -0.00304. The number of carbonyl (C=O) groups is 1. The van der Waals surface area contributed by atoms with E-state index in [4.69, 9.17) is 16.1 Å². The number of amidine groups is 1. The zero-order chi connectivity index (χ0) is 24.5. The molecule has 34 heavy (non-hydrogen) atoms. The summed E-state index contributed by atoms with van der Waals surface area (Å²) in [5, 5.41) is 7.61. The number of aliphatic imine (C=N–C) groups is 1. The topological polar surface area (TPSA) is 74.0 Å². The molecule has 3 rings (SSSR count). The van der Waals surface area contributed by atoms with Gasteiger partial charge in [-0.15, -0.1) is 0 Å². The van der Waals surface area contributed by atoms with Crippen molar-refractivity contribution in [3.8, 4) is 11.3 Å². The summed E-state index contributed by atoms with van der Waals surface area (Å²) in [6.45, 7) is 7.98. The first kappa shape index (κ1) is 25.3. The third-order valence-electron chi connectivity index (χ3n) is 5.74. The molecule has 2 heterocycles. The van der Waals surface area contributed by atoms with E-state index in [2.05, 4.69) is 45.2 Å². The first-order chi connectivity index (χ1) is 16.5. The van der Waals surface area contributed by atoms with Crippen LogP contribution in [0.15, 0.2) is 75.7 Å². The van der Waals surface area contributed by atoms with E-state index in [1.165, 1.54) is 0 Å². The molecule has 1 unspecified atom stereocenters. The predicted molar refractivity (Wildman–Crippen MR) is 137 cm³/mol. The maximum Gasteiger partial charge on any atom is 0.211 e. The first-order valence-electron chi connectivity index (χ1n) is 11.5. The number of allylic oxidation sites excluding steroid dienone is 2. The van der Waals surface area contributed by atoms with Crippen LogP contribution in [0.3, 0.4) is 0 Å². The quantitative estimate of drug-likeness (QED) is 0.231. The molecule has 1 aliphatic heterocycles. The highest BCUT2D eigenvalue weighted by molar-refractivity contribution is 6.30. The Morgan fingerprint density at radius 3 is 2.85 bits per heavy atom. The van der Waals surface area contributed by atoms with Gasteiger partial charge < -0.3 is 19.6 Å². The summed E-state index contributed by atoms with van der Waals surface area (Å²) in [5.41, 5.74) is 2.69. The molecule has 180 valence electrons. The minimum Gasteiger partial charge on any atom is -0.356 e. The second-order valence-electron chi connectivity index (χ2n) is 7.88. The van der Waals surface area contributed by atoms with Gasteiger partial charge in [-0.3, -0.25) is 9.79 Å². The molecule has 1 amide bonds. The first-order valence-corrected chi connectivity index (χ1v) is 11.9. The molecule has 1 N–H and O–H groups in total. The summed E-state index contributed by atoms with van der Waals surface area (Å²) in [6, 6.07) is 9.55. The van der Waals surface area contributed by atoms with Gasteiger partial charge in [0.05, 0.1) is 6.04 Å². The van der Waals surface area contributed by atoms with Gasteiger partial charge in [0, 0.05) is 48.6 Å². The van der Waals surface area contributed by atoms with Gasteiger partial charge in [0.2, 0.25) is 6.41 Å². The van der Waals surface area contributed by atoms with Crippen LogP contribution < -0.4 is 5.32 Å². The van der Waals surface area contributed by atoms with Crippen molar-refractivity contribution >= 4 is 23.8 Å². The SMILES string of the molecule is C/C=C(\C=C/NC=O)C(=NC)N1CCCN(C(C)c2cc(-c3cccc(Cl)c3)on2)/C1=C/CC. The highest BCUT2D eigenvalue weighted by atomic mass is 35.5. The Hall–Kier alpha value is -3.32. The van der Waals surface area contributed by atoms with Crippen molar-refractivity contribution in [2.24, 2.45) is 4.99 Å². The van der Waals surface area contributed by atoms with Crippen LogP contribution >= 0.6 is 11.6 Å². The summed E-state index contributed by atoms with van der Waals surface area (Å²) in [6.07, 6.45) is 10.2. The Morgan fingerprint density at radius 2 is 2.18 bits per heavy atom. The largest absolute Gasteiger partial charge is 0.356 e. The number of aromatic nitrogens is 1. The molecule has 1 aromatic heterocycles. The summed E-state index contributed by atoms with van der Waals surface area (Å²) in [7, 11) is 1.79.